The van der Waals surface area contributed by atoms with Crippen LogP contribution < -0.4 is 11.1 Å². The highest BCUT2D eigenvalue weighted by atomic mass is 19.1. The van der Waals surface area contributed by atoms with Crippen LogP contribution in [0.3, 0.4) is 0 Å². The monoisotopic (exact) mass is 266 g/mol. The van der Waals surface area contributed by atoms with Gasteiger partial charge in [-0.15, -0.1) is 0 Å². The molecule has 0 fully saturated rings. The molecule has 106 valence electrons. The zero-order valence-electron chi connectivity index (χ0n) is 12.0. The van der Waals surface area contributed by atoms with Crippen LogP contribution in [0.1, 0.15) is 45.7 Å². The van der Waals surface area contributed by atoms with Gasteiger partial charge in [-0.2, -0.15) is 0 Å². The molecule has 0 aromatic heterocycles. The van der Waals surface area contributed by atoms with E-state index in [1.54, 1.807) is 19.1 Å². The van der Waals surface area contributed by atoms with E-state index >= 15 is 0 Å². The SMILES string of the molecule is C[C@@H](N)C(=O)NC(CC(C)(C)C)c1ccc(F)cc1. The molecule has 0 saturated carbocycles. The summed E-state index contributed by atoms with van der Waals surface area (Å²) in [5.74, 6) is -0.477. The molecule has 0 bridgehead atoms. The summed E-state index contributed by atoms with van der Waals surface area (Å²) in [5, 5.41) is 2.92. The number of hydrogen-bond acceptors (Lipinski definition) is 2. The van der Waals surface area contributed by atoms with Crippen LogP contribution in [0.5, 0.6) is 0 Å². The normalized spacial score (nSPS) is 14.8. The number of amides is 1. The van der Waals surface area contributed by atoms with Gasteiger partial charge in [-0.25, -0.2) is 4.39 Å². The summed E-state index contributed by atoms with van der Waals surface area (Å²) < 4.78 is 13.0. The second-order valence-electron chi connectivity index (χ2n) is 6.17. The van der Waals surface area contributed by atoms with Crippen LogP contribution in [0.15, 0.2) is 24.3 Å². The highest BCUT2D eigenvalue weighted by molar-refractivity contribution is 5.81. The van der Waals surface area contributed by atoms with Gasteiger partial charge in [0.1, 0.15) is 5.82 Å². The molecule has 1 rings (SSSR count). The van der Waals surface area contributed by atoms with Crippen LogP contribution in [0.4, 0.5) is 4.39 Å². The number of rotatable bonds is 4. The molecule has 0 aliphatic carbocycles. The maximum absolute atomic E-state index is 13.0. The van der Waals surface area contributed by atoms with Crippen molar-refractivity contribution in [2.24, 2.45) is 11.1 Å². The van der Waals surface area contributed by atoms with Crippen LogP contribution in [0.2, 0.25) is 0 Å². The lowest BCUT2D eigenvalue weighted by molar-refractivity contribution is -0.122. The molecule has 0 radical (unpaired) electrons. The molecule has 3 nitrogen and oxygen atoms in total. The molecule has 0 heterocycles. The molecule has 0 saturated heterocycles. The van der Waals surface area contributed by atoms with E-state index in [-0.39, 0.29) is 23.2 Å². The minimum atomic E-state index is -0.553. The van der Waals surface area contributed by atoms with Crippen molar-refractivity contribution in [3.8, 4) is 0 Å². The van der Waals surface area contributed by atoms with Crippen molar-refractivity contribution in [2.45, 2.75) is 46.2 Å². The molecule has 0 aliphatic heterocycles. The summed E-state index contributed by atoms with van der Waals surface area (Å²) >= 11 is 0. The molecule has 1 aromatic carbocycles. The average Bonchev–Trinajstić information content (AvgIpc) is 2.27. The van der Waals surface area contributed by atoms with Crippen molar-refractivity contribution < 1.29 is 9.18 Å². The van der Waals surface area contributed by atoms with Gasteiger partial charge < -0.3 is 11.1 Å². The van der Waals surface area contributed by atoms with Crippen molar-refractivity contribution in [1.29, 1.82) is 0 Å². The van der Waals surface area contributed by atoms with Gasteiger partial charge in [-0.1, -0.05) is 32.9 Å². The zero-order valence-corrected chi connectivity index (χ0v) is 12.0. The molecule has 1 unspecified atom stereocenters. The van der Waals surface area contributed by atoms with E-state index in [0.717, 1.165) is 12.0 Å². The maximum atomic E-state index is 13.0. The topological polar surface area (TPSA) is 55.1 Å². The van der Waals surface area contributed by atoms with E-state index in [1.807, 2.05) is 0 Å². The van der Waals surface area contributed by atoms with E-state index in [1.165, 1.54) is 12.1 Å². The lowest BCUT2D eigenvalue weighted by atomic mass is 9.85. The molecule has 0 aliphatic rings. The Bertz CT molecular complexity index is 421. The fraction of sp³-hybridized carbons (Fsp3) is 0.533. The number of halogens is 1. The standard InChI is InChI=1S/C15H23FN2O/c1-10(17)14(19)18-13(9-15(2,3)4)11-5-7-12(16)8-6-11/h5-8,10,13H,9,17H2,1-4H3,(H,18,19)/t10-,13?/m1/s1. The van der Waals surface area contributed by atoms with Gasteiger partial charge in [-0.05, 0) is 36.5 Å². The van der Waals surface area contributed by atoms with Crippen molar-refractivity contribution in [3.63, 3.8) is 0 Å². The number of carbonyl (C=O) groups excluding carboxylic acids is 1. The Kier molecular flexibility index (Phi) is 5.06. The van der Waals surface area contributed by atoms with Crippen molar-refractivity contribution >= 4 is 5.91 Å². The second kappa shape index (κ2) is 6.15. The predicted octanol–water partition coefficient (Wildman–Crippen LogP) is 2.77. The zero-order chi connectivity index (χ0) is 14.6. The van der Waals surface area contributed by atoms with Crippen LogP contribution in [0, 0.1) is 11.2 Å². The van der Waals surface area contributed by atoms with Crippen LogP contribution in [-0.2, 0) is 4.79 Å². The van der Waals surface area contributed by atoms with Gasteiger partial charge in [0.2, 0.25) is 5.91 Å². The van der Waals surface area contributed by atoms with E-state index in [9.17, 15) is 9.18 Å². The number of hydrogen-bond donors (Lipinski definition) is 2. The number of carbonyl (C=O) groups is 1. The fourth-order valence-corrected chi connectivity index (χ4v) is 1.86. The Balaban J connectivity index is 2.92. The first-order valence-electron chi connectivity index (χ1n) is 6.50. The first kappa shape index (κ1) is 15.6. The molecule has 19 heavy (non-hydrogen) atoms. The van der Waals surface area contributed by atoms with Gasteiger partial charge in [0, 0.05) is 0 Å². The van der Waals surface area contributed by atoms with Gasteiger partial charge in [0.15, 0.2) is 0 Å². The molecule has 1 amide bonds. The van der Waals surface area contributed by atoms with Gasteiger partial charge >= 0.3 is 0 Å². The Morgan fingerprint density at radius 2 is 1.84 bits per heavy atom. The van der Waals surface area contributed by atoms with Gasteiger partial charge in [0.05, 0.1) is 12.1 Å². The average molecular weight is 266 g/mol. The number of nitrogens with two attached hydrogens (primary N) is 1. The maximum Gasteiger partial charge on any atom is 0.237 e. The largest absolute Gasteiger partial charge is 0.348 e. The number of benzene rings is 1. The first-order chi connectivity index (χ1) is 8.69. The molecular weight excluding hydrogens is 243 g/mol. The summed E-state index contributed by atoms with van der Waals surface area (Å²) in [6.45, 7) is 7.94. The van der Waals surface area contributed by atoms with Crippen molar-refractivity contribution in [3.05, 3.63) is 35.6 Å². The third-order valence-electron chi connectivity index (χ3n) is 2.82. The van der Waals surface area contributed by atoms with Gasteiger partial charge in [0.25, 0.3) is 0 Å². The van der Waals surface area contributed by atoms with E-state index in [2.05, 4.69) is 26.1 Å². The van der Waals surface area contributed by atoms with E-state index < -0.39 is 6.04 Å². The molecular formula is C15H23FN2O. The highest BCUT2D eigenvalue weighted by Gasteiger charge is 2.23. The molecule has 3 N–H and O–H groups in total. The molecule has 0 spiro atoms. The quantitative estimate of drug-likeness (QED) is 0.880. The summed E-state index contributed by atoms with van der Waals surface area (Å²) in [5.41, 5.74) is 6.52. The molecule has 4 heteroatoms. The molecule has 2 atom stereocenters. The van der Waals surface area contributed by atoms with Crippen LogP contribution >= 0.6 is 0 Å². The predicted molar refractivity (Wildman–Crippen MR) is 75.0 cm³/mol. The van der Waals surface area contributed by atoms with Crippen LogP contribution in [0.25, 0.3) is 0 Å². The first-order valence-corrected chi connectivity index (χ1v) is 6.50. The highest BCUT2D eigenvalue weighted by Crippen LogP contribution is 2.29. The van der Waals surface area contributed by atoms with Crippen LogP contribution in [-0.4, -0.2) is 11.9 Å². The summed E-state index contributed by atoms with van der Waals surface area (Å²) in [6, 6.07) is 5.51. The van der Waals surface area contributed by atoms with Crippen molar-refractivity contribution in [2.75, 3.05) is 0 Å². The number of nitrogens with one attached hydrogen (secondary N) is 1. The fourth-order valence-electron chi connectivity index (χ4n) is 1.86. The Morgan fingerprint density at radius 1 is 1.32 bits per heavy atom. The minimum absolute atomic E-state index is 0.0458. The lowest BCUT2D eigenvalue weighted by Gasteiger charge is -2.28. The van der Waals surface area contributed by atoms with Gasteiger partial charge in [-0.3, -0.25) is 4.79 Å². The Labute approximate surface area is 114 Å². The minimum Gasteiger partial charge on any atom is -0.348 e. The second-order valence-corrected chi connectivity index (χ2v) is 6.17. The smallest absolute Gasteiger partial charge is 0.237 e. The van der Waals surface area contributed by atoms with E-state index in [4.69, 9.17) is 5.73 Å². The lowest BCUT2D eigenvalue weighted by Crippen LogP contribution is -2.41. The summed E-state index contributed by atoms with van der Waals surface area (Å²) in [4.78, 5) is 11.8. The van der Waals surface area contributed by atoms with Crippen molar-refractivity contribution in [1.82, 2.24) is 5.32 Å². The summed E-state index contributed by atoms with van der Waals surface area (Å²) in [7, 11) is 0. The Morgan fingerprint density at radius 3 is 2.26 bits per heavy atom. The third kappa shape index (κ3) is 5.39. The summed E-state index contributed by atoms with van der Waals surface area (Å²) in [6.07, 6.45) is 0.761. The Hall–Kier alpha value is -1.42. The third-order valence-corrected chi connectivity index (χ3v) is 2.82. The van der Waals surface area contributed by atoms with E-state index in [0.29, 0.717) is 0 Å². The molecule has 1 aromatic rings.